The van der Waals surface area contributed by atoms with Crippen LogP contribution in [0.1, 0.15) is 70.3 Å². The van der Waals surface area contributed by atoms with Gasteiger partial charge in [-0.3, -0.25) is 14.2 Å². The summed E-state index contributed by atoms with van der Waals surface area (Å²) in [5.74, 6) is -0.261. The minimum Gasteiger partial charge on any atom is -0.481 e. The Balaban J connectivity index is 2.24. The van der Waals surface area contributed by atoms with Crippen molar-refractivity contribution in [3.8, 4) is 0 Å². The molecule has 0 saturated carbocycles. The molecule has 1 heterocycles. The molecule has 4 nitrogen and oxygen atoms in total. The number of unbranched alkanes of at least 4 members (excludes halogenated alkanes) is 1. The zero-order valence-electron chi connectivity index (χ0n) is 16.7. The molecular weight excluding hydrogens is 362 g/mol. The van der Waals surface area contributed by atoms with Crippen molar-refractivity contribution >= 4 is 34.4 Å². The number of aliphatic carboxylic acids is 1. The second kappa shape index (κ2) is 8.92. The van der Waals surface area contributed by atoms with Gasteiger partial charge in [-0.2, -0.15) is 0 Å². The summed E-state index contributed by atoms with van der Waals surface area (Å²) in [6, 6.07) is 7.57. The predicted octanol–water partition coefficient (Wildman–Crippen LogP) is 6.19. The number of hydrogen-bond acceptors (Lipinski definition) is 2. The highest BCUT2D eigenvalue weighted by Gasteiger charge is 2.28. The van der Waals surface area contributed by atoms with Gasteiger partial charge in [-0.25, -0.2) is 0 Å². The molecule has 27 heavy (non-hydrogen) atoms. The summed E-state index contributed by atoms with van der Waals surface area (Å²) in [5.41, 5.74) is 0.907. The molecule has 1 N–H and O–H groups in total. The van der Waals surface area contributed by atoms with Crippen molar-refractivity contribution in [1.29, 1.82) is 0 Å². The number of fused-ring (bicyclic) bond motifs is 1. The molecule has 0 saturated heterocycles. The molecule has 0 fully saturated rings. The van der Waals surface area contributed by atoms with Crippen molar-refractivity contribution in [3.05, 3.63) is 35.0 Å². The van der Waals surface area contributed by atoms with Gasteiger partial charge in [0.05, 0.1) is 10.9 Å². The van der Waals surface area contributed by atoms with Gasteiger partial charge in [0.15, 0.2) is 0 Å². The van der Waals surface area contributed by atoms with E-state index in [1.54, 1.807) is 24.5 Å². The summed E-state index contributed by atoms with van der Waals surface area (Å²) in [6.45, 7) is 7.74. The zero-order valence-corrected chi connectivity index (χ0v) is 17.5. The van der Waals surface area contributed by atoms with Crippen LogP contribution in [-0.4, -0.2) is 21.6 Å². The van der Waals surface area contributed by atoms with Gasteiger partial charge in [0, 0.05) is 22.5 Å². The van der Waals surface area contributed by atoms with E-state index in [4.69, 9.17) is 11.6 Å². The van der Waals surface area contributed by atoms with Crippen LogP contribution in [0, 0.1) is 11.3 Å². The topological polar surface area (TPSA) is 59.3 Å². The van der Waals surface area contributed by atoms with Crippen LogP contribution < -0.4 is 0 Å². The van der Waals surface area contributed by atoms with Crippen LogP contribution in [0.5, 0.6) is 0 Å². The Labute approximate surface area is 166 Å². The van der Waals surface area contributed by atoms with Crippen LogP contribution in [0.15, 0.2) is 24.3 Å². The summed E-state index contributed by atoms with van der Waals surface area (Å²) >= 11 is 6.12. The highest BCUT2D eigenvalue weighted by atomic mass is 35.5. The van der Waals surface area contributed by atoms with Crippen LogP contribution in [0.3, 0.4) is 0 Å². The molecule has 1 aromatic heterocycles. The second-order valence-corrected chi connectivity index (χ2v) is 8.83. The predicted molar refractivity (Wildman–Crippen MR) is 111 cm³/mol. The minimum atomic E-state index is -0.917. The van der Waals surface area contributed by atoms with Crippen molar-refractivity contribution < 1.29 is 14.7 Å². The van der Waals surface area contributed by atoms with Crippen molar-refractivity contribution in [2.24, 2.45) is 11.3 Å². The number of hydrogen-bond donors (Lipinski definition) is 1. The third-order valence-corrected chi connectivity index (χ3v) is 5.33. The van der Waals surface area contributed by atoms with Crippen LogP contribution in [0.2, 0.25) is 5.02 Å². The molecular formula is C22H30ClNO3. The van der Waals surface area contributed by atoms with Gasteiger partial charge in [-0.1, -0.05) is 38.3 Å². The highest BCUT2D eigenvalue weighted by Crippen LogP contribution is 2.28. The van der Waals surface area contributed by atoms with Gasteiger partial charge in [-0.15, -0.1) is 0 Å². The number of nitrogens with zero attached hydrogens (tertiary/aromatic N) is 1. The Kier molecular flexibility index (Phi) is 7.10. The van der Waals surface area contributed by atoms with E-state index in [1.807, 2.05) is 18.2 Å². The van der Waals surface area contributed by atoms with E-state index in [0.717, 1.165) is 35.9 Å². The van der Waals surface area contributed by atoms with Gasteiger partial charge in [0.25, 0.3) is 0 Å². The maximum absolute atomic E-state index is 13.0. The summed E-state index contributed by atoms with van der Waals surface area (Å²) in [6.07, 6.45) is 4.65. The SMILES string of the molecule is CC(C)CCCCc1cc2cc(Cl)ccc2n1C(=O)CCC(C)(C)C(=O)O. The third-order valence-electron chi connectivity index (χ3n) is 5.10. The molecule has 0 aliphatic carbocycles. The first-order valence-electron chi connectivity index (χ1n) is 9.68. The van der Waals surface area contributed by atoms with E-state index < -0.39 is 11.4 Å². The number of rotatable bonds is 9. The third kappa shape index (κ3) is 5.58. The maximum atomic E-state index is 13.0. The summed E-state index contributed by atoms with van der Waals surface area (Å²) in [4.78, 5) is 24.3. The fourth-order valence-corrected chi connectivity index (χ4v) is 3.40. The van der Waals surface area contributed by atoms with Crippen LogP contribution >= 0.6 is 11.6 Å². The van der Waals surface area contributed by atoms with Crippen molar-refractivity contribution in [1.82, 2.24) is 4.57 Å². The van der Waals surface area contributed by atoms with E-state index in [1.165, 1.54) is 6.42 Å². The number of benzene rings is 1. The Bertz CT molecular complexity index is 820. The lowest BCUT2D eigenvalue weighted by Crippen LogP contribution is -2.25. The van der Waals surface area contributed by atoms with E-state index in [9.17, 15) is 14.7 Å². The first-order valence-corrected chi connectivity index (χ1v) is 10.1. The van der Waals surface area contributed by atoms with E-state index in [0.29, 0.717) is 17.4 Å². The molecule has 0 spiro atoms. The average molecular weight is 392 g/mol. The molecule has 0 atom stereocenters. The Morgan fingerprint density at radius 2 is 1.89 bits per heavy atom. The summed E-state index contributed by atoms with van der Waals surface area (Å²) < 4.78 is 1.76. The number of carbonyl (C=O) groups excluding carboxylic acids is 1. The zero-order chi connectivity index (χ0) is 20.2. The molecule has 0 amide bonds. The minimum absolute atomic E-state index is 0.0551. The fourth-order valence-electron chi connectivity index (χ4n) is 3.22. The largest absolute Gasteiger partial charge is 0.481 e. The van der Waals surface area contributed by atoms with Gasteiger partial charge < -0.3 is 5.11 Å². The molecule has 2 aromatic rings. The van der Waals surface area contributed by atoms with Gasteiger partial charge in [0.1, 0.15) is 0 Å². The number of carbonyl (C=O) groups is 2. The monoisotopic (exact) mass is 391 g/mol. The van der Waals surface area contributed by atoms with E-state index in [-0.39, 0.29) is 12.3 Å². The molecule has 2 rings (SSSR count). The molecule has 0 radical (unpaired) electrons. The standard InChI is InChI=1S/C22H30ClNO3/c1-15(2)7-5-6-8-18-14-16-13-17(23)9-10-19(16)24(18)20(25)11-12-22(3,4)21(26)27/h9-10,13-15H,5-8,11-12H2,1-4H3,(H,26,27). The first-order chi connectivity index (χ1) is 12.6. The maximum Gasteiger partial charge on any atom is 0.309 e. The number of aromatic nitrogens is 1. The Hall–Kier alpha value is -1.81. The second-order valence-electron chi connectivity index (χ2n) is 8.40. The van der Waals surface area contributed by atoms with Gasteiger partial charge in [-0.05, 0) is 63.3 Å². The Morgan fingerprint density at radius 1 is 1.19 bits per heavy atom. The van der Waals surface area contributed by atoms with E-state index in [2.05, 4.69) is 13.8 Å². The van der Waals surface area contributed by atoms with Gasteiger partial charge >= 0.3 is 5.97 Å². The van der Waals surface area contributed by atoms with Gasteiger partial charge in [0.2, 0.25) is 5.91 Å². The van der Waals surface area contributed by atoms with Crippen LogP contribution in [-0.2, 0) is 11.2 Å². The number of aryl methyl sites for hydroxylation is 1. The molecule has 5 heteroatoms. The number of carboxylic acids is 1. The van der Waals surface area contributed by atoms with Crippen molar-refractivity contribution in [2.75, 3.05) is 0 Å². The number of halogens is 1. The molecule has 0 bridgehead atoms. The lowest BCUT2D eigenvalue weighted by molar-refractivity contribution is -0.147. The normalized spacial score (nSPS) is 12.1. The summed E-state index contributed by atoms with van der Waals surface area (Å²) in [7, 11) is 0. The molecule has 0 aliphatic rings. The average Bonchev–Trinajstić information content (AvgIpc) is 2.93. The lowest BCUT2D eigenvalue weighted by atomic mass is 9.88. The number of carboxylic acid groups (broad SMARTS) is 1. The van der Waals surface area contributed by atoms with Crippen molar-refractivity contribution in [2.45, 2.75) is 66.2 Å². The molecule has 148 valence electrons. The van der Waals surface area contributed by atoms with Crippen LogP contribution in [0.25, 0.3) is 10.9 Å². The van der Waals surface area contributed by atoms with Crippen molar-refractivity contribution in [3.63, 3.8) is 0 Å². The lowest BCUT2D eigenvalue weighted by Gasteiger charge is -2.19. The smallest absolute Gasteiger partial charge is 0.309 e. The molecule has 1 aromatic carbocycles. The van der Waals surface area contributed by atoms with E-state index >= 15 is 0 Å². The molecule has 0 unspecified atom stereocenters. The molecule has 0 aliphatic heterocycles. The Morgan fingerprint density at radius 3 is 2.52 bits per heavy atom. The quantitative estimate of drug-likeness (QED) is 0.518. The summed E-state index contributed by atoms with van der Waals surface area (Å²) in [5, 5.41) is 10.9. The van der Waals surface area contributed by atoms with Crippen LogP contribution in [0.4, 0.5) is 0 Å². The first kappa shape index (κ1) is 21.5. The fraction of sp³-hybridized carbons (Fsp3) is 0.545. The highest BCUT2D eigenvalue weighted by molar-refractivity contribution is 6.31.